The van der Waals surface area contributed by atoms with Crippen molar-refractivity contribution in [1.82, 2.24) is 0 Å². The highest BCUT2D eigenvalue weighted by atomic mass is 35.5. The van der Waals surface area contributed by atoms with Crippen molar-refractivity contribution in [2.45, 2.75) is 18.6 Å². The van der Waals surface area contributed by atoms with E-state index in [9.17, 15) is 4.79 Å². The Morgan fingerprint density at radius 2 is 1.68 bits per heavy atom. The molecule has 1 fully saturated rings. The molecule has 0 bridgehead atoms. The number of carbonyl (C=O) groups is 1. The molecule has 0 radical (unpaired) electrons. The van der Waals surface area contributed by atoms with Gasteiger partial charge in [0.25, 0.3) is 0 Å². The lowest BCUT2D eigenvalue weighted by atomic mass is 9.94. The van der Waals surface area contributed by atoms with Crippen molar-refractivity contribution < 1.29 is 9.63 Å². The number of nitrogens with zero attached hydrogens (tertiary/aromatic N) is 1. The number of para-hydroxylation sites is 2. The predicted molar refractivity (Wildman–Crippen MR) is 110 cm³/mol. The smallest absolute Gasteiger partial charge is 0.250 e. The second-order valence-electron chi connectivity index (χ2n) is 7.17. The first kappa shape index (κ1) is 17.3. The van der Waals surface area contributed by atoms with E-state index in [2.05, 4.69) is 17.4 Å². The molecular formula is C23H19ClN2O2. The molecule has 0 unspecified atom stereocenters. The van der Waals surface area contributed by atoms with Crippen molar-refractivity contribution in [1.29, 1.82) is 0 Å². The van der Waals surface area contributed by atoms with Gasteiger partial charge in [0.2, 0.25) is 5.91 Å². The van der Waals surface area contributed by atoms with Gasteiger partial charge in [0.05, 0.1) is 16.4 Å². The lowest BCUT2D eigenvalue weighted by Crippen LogP contribution is -2.43. The van der Waals surface area contributed by atoms with Gasteiger partial charge < -0.3 is 5.32 Å². The number of hydrogen-bond acceptors (Lipinski definition) is 3. The van der Waals surface area contributed by atoms with Gasteiger partial charge in [0.15, 0.2) is 0 Å². The van der Waals surface area contributed by atoms with Gasteiger partial charge in [0.1, 0.15) is 12.1 Å². The Kier molecular flexibility index (Phi) is 4.30. The summed E-state index contributed by atoms with van der Waals surface area (Å²) in [5.41, 5.74) is 3.90. The molecule has 3 atom stereocenters. The first-order chi connectivity index (χ1) is 13.7. The van der Waals surface area contributed by atoms with E-state index in [1.165, 1.54) is 11.1 Å². The number of halogens is 1. The van der Waals surface area contributed by atoms with Crippen LogP contribution in [-0.2, 0) is 16.1 Å². The van der Waals surface area contributed by atoms with Crippen LogP contribution in [0.4, 0.5) is 11.4 Å². The maximum Gasteiger partial charge on any atom is 0.250 e. The molecule has 28 heavy (non-hydrogen) atoms. The second-order valence-corrected chi connectivity index (χ2v) is 7.58. The van der Waals surface area contributed by atoms with Crippen molar-refractivity contribution in [2.24, 2.45) is 5.92 Å². The molecule has 5 rings (SSSR count). The van der Waals surface area contributed by atoms with Gasteiger partial charge >= 0.3 is 0 Å². The summed E-state index contributed by atoms with van der Waals surface area (Å²) < 4.78 is 0. The van der Waals surface area contributed by atoms with Crippen molar-refractivity contribution in [3.63, 3.8) is 0 Å². The summed E-state index contributed by atoms with van der Waals surface area (Å²) in [4.78, 5) is 19.7. The number of amides is 1. The van der Waals surface area contributed by atoms with E-state index in [0.717, 1.165) is 12.1 Å². The molecule has 3 aromatic carbocycles. The summed E-state index contributed by atoms with van der Waals surface area (Å²) in [7, 11) is 0. The first-order valence-corrected chi connectivity index (χ1v) is 9.74. The Hall–Kier alpha value is -2.82. The predicted octanol–water partition coefficient (Wildman–Crippen LogP) is 5.01. The number of carbonyl (C=O) groups excluding carboxylic acids is 1. The summed E-state index contributed by atoms with van der Waals surface area (Å²) in [6.07, 6.45) is 0.684. The molecule has 1 saturated heterocycles. The van der Waals surface area contributed by atoms with E-state index in [-0.39, 0.29) is 17.9 Å². The highest BCUT2D eigenvalue weighted by Crippen LogP contribution is 2.48. The van der Waals surface area contributed by atoms with Crippen LogP contribution in [0.25, 0.3) is 0 Å². The van der Waals surface area contributed by atoms with E-state index in [1.807, 2.05) is 60.7 Å². The second kappa shape index (κ2) is 6.97. The average molecular weight is 391 g/mol. The van der Waals surface area contributed by atoms with Crippen molar-refractivity contribution in [2.75, 3.05) is 10.4 Å². The van der Waals surface area contributed by atoms with Gasteiger partial charge in [-0.15, -0.1) is 0 Å². The zero-order valence-electron chi connectivity index (χ0n) is 15.1. The van der Waals surface area contributed by atoms with Crippen LogP contribution in [0.2, 0.25) is 5.02 Å². The number of anilines is 2. The number of fused-ring (bicyclic) bond motifs is 3. The minimum Gasteiger partial charge on any atom is -0.323 e. The lowest BCUT2D eigenvalue weighted by Gasteiger charge is -2.26. The van der Waals surface area contributed by atoms with Gasteiger partial charge in [-0.25, -0.2) is 5.06 Å². The molecular weight excluding hydrogens is 372 g/mol. The Morgan fingerprint density at radius 3 is 2.50 bits per heavy atom. The fourth-order valence-electron chi connectivity index (χ4n) is 4.23. The maximum absolute atomic E-state index is 13.4. The van der Waals surface area contributed by atoms with E-state index in [0.29, 0.717) is 10.7 Å². The topological polar surface area (TPSA) is 41.6 Å². The van der Waals surface area contributed by atoms with E-state index < -0.39 is 6.04 Å². The third kappa shape index (κ3) is 2.86. The zero-order chi connectivity index (χ0) is 19.1. The molecule has 1 amide bonds. The molecule has 1 aliphatic heterocycles. The van der Waals surface area contributed by atoms with E-state index in [4.69, 9.17) is 16.4 Å². The molecule has 0 aromatic heterocycles. The van der Waals surface area contributed by atoms with Crippen LogP contribution in [0.15, 0.2) is 78.9 Å². The molecule has 140 valence electrons. The Balaban J connectivity index is 1.51. The number of rotatable bonds is 3. The molecule has 0 saturated carbocycles. The van der Waals surface area contributed by atoms with Gasteiger partial charge in [0, 0.05) is 5.92 Å². The number of hydroxylamine groups is 1. The minimum atomic E-state index is -0.448. The number of benzene rings is 3. The first-order valence-electron chi connectivity index (χ1n) is 9.36. The highest BCUT2D eigenvalue weighted by Gasteiger charge is 2.51. The van der Waals surface area contributed by atoms with Crippen LogP contribution in [0.3, 0.4) is 0 Å². The van der Waals surface area contributed by atoms with Crippen LogP contribution in [0.5, 0.6) is 0 Å². The fourth-order valence-corrected chi connectivity index (χ4v) is 4.41. The van der Waals surface area contributed by atoms with Crippen LogP contribution < -0.4 is 10.4 Å². The quantitative estimate of drug-likeness (QED) is 0.683. The normalized spacial score (nSPS) is 22.6. The van der Waals surface area contributed by atoms with Crippen molar-refractivity contribution in [3.8, 4) is 0 Å². The van der Waals surface area contributed by atoms with Gasteiger partial charge in [-0.05, 0) is 41.8 Å². The van der Waals surface area contributed by atoms with E-state index >= 15 is 0 Å². The lowest BCUT2D eigenvalue weighted by molar-refractivity contribution is -0.118. The van der Waals surface area contributed by atoms with Crippen LogP contribution in [0.1, 0.15) is 17.2 Å². The van der Waals surface area contributed by atoms with Gasteiger partial charge in [-0.3, -0.25) is 9.63 Å². The van der Waals surface area contributed by atoms with Crippen LogP contribution in [0, 0.1) is 5.92 Å². The SMILES string of the molecule is O=C(Nc1ccccc1Cl)[C@H]1[C@@H]2Cc3ccccc3[C@@H]2ON1c1ccccc1. The van der Waals surface area contributed by atoms with Crippen LogP contribution >= 0.6 is 11.6 Å². The number of nitrogens with one attached hydrogen (secondary N) is 1. The zero-order valence-corrected chi connectivity index (χ0v) is 15.8. The van der Waals surface area contributed by atoms with Crippen molar-refractivity contribution in [3.05, 3.63) is 95.0 Å². The van der Waals surface area contributed by atoms with Gasteiger partial charge in [-0.1, -0.05) is 66.2 Å². The fraction of sp³-hybridized carbons (Fsp3) is 0.174. The molecule has 5 heteroatoms. The molecule has 3 aromatic rings. The number of hydrogen-bond donors (Lipinski definition) is 1. The Bertz CT molecular complexity index is 1020. The van der Waals surface area contributed by atoms with Gasteiger partial charge in [-0.2, -0.15) is 0 Å². The molecule has 1 heterocycles. The third-order valence-corrected chi connectivity index (χ3v) is 5.83. The summed E-state index contributed by atoms with van der Waals surface area (Å²) in [5.74, 6) is -0.0719. The van der Waals surface area contributed by atoms with Crippen LogP contribution in [-0.4, -0.2) is 11.9 Å². The Morgan fingerprint density at radius 1 is 0.964 bits per heavy atom. The largest absolute Gasteiger partial charge is 0.323 e. The molecule has 4 nitrogen and oxygen atoms in total. The molecule has 2 aliphatic rings. The minimum absolute atomic E-state index is 0.0418. The maximum atomic E-state index is 13.4. The van der Waals surface area contributed by atoms with Crippen molar-refractivity contribution >= 4 is 28.9 Å². The summed E-state index contributed by atoms with van der Waals surface area (Å²) >= 11 is 6.25. The standard InChI is InChI=1S/C23H19ClN2O2/c24-19-12-6-7-13-20(19)25-23(27)21-18-14-15-8-4-5-11-17(15)22(18)28-26(21)16-9-2-1-3-10-16/h1-13,18,21-22H,14H2,(H,25,27)/t18-,21+,22-/m0/s1. The molecule has 1 aliphatic carbocycles. The molecule has 1 N–H and O–H groups in total. The third-order valence-electron chi connectivity index (χ3n) is 5.50. The highest BCUT2D eigenvalue weighted by molar-refractivity contribution is 6.33. The average Bonchev–Trinajstić information content (AvgIpc) is 3.26. The summed E-state index contributed by atoms with van der Waals surface area (Å²) in [6.45, 7) is 0. The Labute approximate surface area is 168 Å². The monoisotopic (exact) mass is 390 g/mol. The summed E-state index contributed by atoms with van der Waals surface area (Å²) in [5, 5.41) is 5.28. The molecule has 0 spiro atoms. The van der Waals surface area contributed by atoms with E-state index in [1.54, 1.807) is 11.1 Å². The summed E-state index contributed by atoms with van der Waals surface area (Å²) in [6, 6.07) is 24.9.